The van der Waals surface area contributed by atoms with E-state index < -0.39 is 11.7 Å². The topological polar surface area (TPSA) is 0 Å². The highest BCUT2D eigenvalue weighted by atomic mass is 79.9. The smallest absolute Gasteiger partial charge is 0.166 e. The minimum absolute atomic E-state index is 0.0871. The zero-order valence-corrected chi connectivity index (χ0v) is 9.73. The molecule has 0 aliphatic carbocycles. The summed E-state index contributed by atoms with van der Waals surface area (Å²) >= 11 is 14.3. The lowest BCUT2D eigenvalue weighted by Gasteiger charge is -2.10. The molecule has 0 N–H and O–H groups in total. The number of hydrogen-bond donors (Lipinski definition) is 0. The molecule has 14 heavy (non-hydrogen) atoms. The molecule has 1 aromatic carbocycles. The van der Waals surface area contributed by atoms with Crippen LogP contribution in [0.2, 0.25) is 10.0 Å². The van der Waals surface area contributed by atoms with E-state index in [2.05, 4.69) is 15.9 Å². The van der Waals surface area contributed by atoms with Crippen LogP contribution in [0, 0.1) is 0 Å². The molecule has 78 valence electrons. The third-order valence-electron chi connectivity index (χ3n) is 1.57. The number of alkyl halides is 4. The van der Waals surface area contributed by atoms with Crippen LogP contribution in [0.25, 0.3) is 0 Å². The van der Waals surface area contributed by atoms with Crippen molar-refractivity contribution in [2.45, 2.75) is 11.5 Å². The SMILES string of the molecule is FC(F)(F)c1cc(Cl)c(Cl)c(CBr)c1. The lowest BCUT2D eigenvalue weighted by atomic mass is 10.1. The number of halogens is 6. The van der Waals surface area contributed by atoms with E-state index in [4.69, 9.17) is 23.2 Å². The summed E-state index contributed by atoms with van der Waals surface area (Å²) in [5.41, 5.74) is -0.465. The quantitative estimate of drug-likeness (QED) is 0.647. The Morgan fingerprint density at radius 3 is 2.21 bits per heavy atom. The van der Waals surface area contributed by atoms with Gasteiger partial charge in [0.15, 0.2) is 0 Å². The van der Waals surface area contributed by atoms with Gasteiger partial charge in [0.05, 0.1) is 15.6 Å². The molecule has 0 unspecified atom stereocenters. The summed E-state index contributed by atoms with van der Waals surface area (Å²) in [4.78, 5) is 0. The summed E-state index contributed by atoms with van der Waals surface area (Å²) in [5.74, 6) is 0. The third-order valence-corrected chi connectivity index (χ3v) is 3.02. The van der Waals surface area contributed by atoms with Gasteiger partial charge in [-0.1, -0.05) is 39.1 Å². The van der Waals surface area contributed by atoms with Crippen molar-refractivity contribution in [3.8, 4) is 0 Å². The van der Waals surface area contributed by atoms with E-state index in [9.17, 15) is 13.2 Å². The third kappa shape index (κ3) is 2.55. The predicted octanol–water partition coefficient (Wildman–Crippen LogP) is 4.91. The molecule has 0 fully saturated rings. The minimum Gasteiger partial charge on any atom is -0.166 e. The van der Waals surface area contributed by atoms with Crippen molar-refractivity contribution in [3.63, 3.8) is 0 Å². The highest BCUT2D eigenvalue weighted by Gasteiger charge is 2.31. The monoisotopic (exact) mass is 306 g/mol. The fourth-order valence-corrected chi connectivity index (χ4v) is 1.93. The van der Waals surface area contributed by atoms with Crippen LogP contribution in [0.1, 0.15) is 11.1 Å². The summed E-state index contributed by atoms with van der Waals surface area (Å²) in [6, 6.07) is 1.79. The van der Waals surface area contributed by atoms with Gasteiger partial charge in [0.1, 0.15) is 0 Å². The molecule has 0 heterocycles. The first-order chi connectivity index (χ1) is 6.36. The molecule has 0 aliphatic rings. The van der Waals surface area contributed by atoms with Crippen LogP contribution in [0.15, 0.2) is 12.1 Å². The number of rotatable bonds is 1. The first-order valence-corrected chi connectivity index (χ1v) is 5.35. The lowest BCUT2D eigenvalue weighted by molar-refractivity contribution is -0.137. The molecule has 0 amide bonds. The molecule has 0 aliphatic heterocycles. The summed E-state index contributed by atoms with van der Waals surface area (Å²) in [7, 11) is 0. The molecule has 1 rings (SSSR count). The molecule has 0 radical (unpaired) electrons. The van der Waals surface area contributed by atoms with Crippen LogP contribution >= 0.6 is 39.1 Å². The van der Waals surface area contributed by atoms with Crippen LogP contribution < -0.4 is 0 Å². The van der Waals surface area contributed by atoms with E-state index in [-0.39, 0.29) is 15.4 Å². The van der Waals surface area contributed by atoms with Crippen molar-refractivity contribution in [2.75, 3.05) is 0 Å². The molecule has 0 atom stereocenters. The molecule has 0 bridgehead atoms. The van der Waals surface area contributed by atoms with Crippen molar-refractivity contribution in [1.29, 1.82) is 0 Å². The Balaban J connectivity index is 3.30. The van der Waals surface area contributed by atoms with Crippen LogP contribution in [0.5, 0.6) is 0 Å². The second-order valence-electron chi connectivity index (χ2n) is 2.56. The highest BCUT2D eigenvalue weighted by Crippen LogP contribution is 2.36. The van der Waals surface area contributed by atoms with Gasteiger partial charge in [0.25, 0.3) is 0 Å². The Hall–Kier alpha value is 0.0700. The van der Waals surface area contributed by atoms with E-state index in [1.54, 1.807) is 0 Å². The van der Waals surface area contributed by atoms with Crippen LogP contribution in [0.3, 0.4) is 0 Å². The van der Waals surface area contributed by atoms with Gasteiger partial charge in [-0.3, -0.25) is 0 Å². The fourth-order valence-electron chi connectivity index (χ4n) is 0.907. The van der Waals surface area contributed by atoms with Gasteiger partial charge >= 0.3 is 6.18 Å². The van der Waals surface area contributed by atoms with Gasteiger partial charge in [0.2, 0.25) is 0 Å². The minimum atomic E-state index is -4.40. The van der Waals surface area contributed by atoms with Crippen molar-refractivity contribution in [3.05, 3.63) is 33.3 Å². The van der Waals surface area contributed by atoms with E-state index in [0.29, 0.717) is 5.56 Å². The Morgan fingerprint density at radius 1 is 1.21 bits per heavy atom. The number of hydrogen-bond acceptors (Lipinski definition) is 0. The first kappa shape index (κ1) is 12.1. The second-order valence-corrected chi connectivity index (χ2v) is 3.91. The molecular formula is C8H4BrCl2F3. The van der Waals surface area contributed by atoms with Gasteiger partial charge in [-0.2, -0.15) is 13.2 Å². The first-order valence-electron chi connectivity index (χ1n) is 3.47. The Labute approximate surface area is 97.1 Å². The highest BCUT2D eigenvalue weighted by molar-refractivity contribution is 9.08. The zero-order valence-electron chi connectivity index (χ0n) is 6.63. The average molecular weight is 308 g/mol. The fraction of sp³-hybridized carbons (Fsp3) is 0.250. The van der Waals surface area contributed by atoms with Crippen LogP contribution in [-0.4, -0.2) is 0 Å². The van der Waals surface area contributed by atoms with Gasteiger partial charge in [0, 0.05) is 5.33 Å². The summed E-state index contributed by atoms with van der Waals surface area (Å²) in [6.07, 6.45) is -4.40. The lowest BCUT2D eigenvalue weighted by Crippen LogP contribution is -2.05. The average Bonchev–Trinajstić information content (AvgIpc) is 2.07. The van der Waals surface area contributed by atoms with Gasteiger partial charge in [-0.25, -0.2) is 0 Å². The summed E-state index contributed by atoms with van der Waals surface area (Å²) in [5, 5.41) is 0.294. The molecule has 0 spiro atoms. The molecule has 6 heteroatoms. The largest absolute Gasteiger partial charge is 0.416 e. The number of benzene rings is 1. The van der Waals surface area contributed by atoms with E-state index in [0.717, 1.165) is 12.1 Å². The maximum Gasteiger partial charge on any atom is 0.416 e. The molecular weight excluding hydrogens is 304 g/mol. The Kier molecular flexibility index (Phi) is 3.72. The normalized spacial score (nSPS) is 11.9. The zero-order chi connectivity index (χ0) is 10.9. The van der Waals surface area contributed by atoms with E-state index in [1.165, 1.54) is 0 Å². The molecule has 0 saturated heterocycles. The second kappa shape index (κ2) is 4.29. The summed E-state index contributed by atoms with van der Waals surface area (Å²) < 4.78 is 36.9. The van der Waals surface area contributed by atoms with Gasteiger partial charge in [-0.05, 0) is 17.7 Å². The Bertz CT molecular complexity index is 349. The van der Waals surface area contributed by atoms with Crippen molar-refractivity contribution in [1.82, 2.24) is 0 Å². The van der Waals surface area contributed by atoms with Gasteiger partial charge < -0.3 is 0 Å². The Morgan fingerprint density at radius 2 is 1.79 bits per heavy atom. The molecule has 0 nitrogen and oxygen atoms in total. The van der Waals surface area contributed by atoms with Crippen LogP contribution in [-0.2, 0) is 11.5 Å². The van der Waals surface area contributed by atoms with Crippen molar-refractivity contribution in [2.24, 2.45) is 0 Å². The maximum atomic E-state index is 12.3. The van der Waals surface area contributed by atoms with Gasteiger partial charge in [-0.15, -0.1) is 0 Å². The molecule has 0 saturated carbocycles. The van der Waals surface area contributed by atoms with E-state index >= 15 is 0 Å². The van der Waals surface area contributed by atoms with E-state index in [1.807, 2.05) is 0 Å². The maximum absolute atomic E-state index is 12.3. The molecule has 1 aromatic rings. The van der Waals surface area contributed by atoms with Crippen molar-refractivity contribution < 1.29 is 13.2 Å². The molecule has 0 aromatic heterocycles. The van der Waals surface area contributed by atoms with Crippen LogP contribution in [0.4, 0.5) is 13.2 Å². The summed E-state index contributed by atoms with van der Waals surface area (Å²) in [6.45, 7) is 0. The standard InChI is InChI=1S/C8H4BrCl2F3/c9-3-4-1-5(8(12,13)14)2-6(10)7(4)11/h1-2H,3H2. The predicted molar refractivity (Wildman–Crippen MR) is 54.1 cm³/mol. The van der Waals surface area contributed by atoms with Crippen molar-refractivity contribution >= 4 is 39.1 Å².